The number of nitrogens with zero attached hydrogens (tertiary/aromatic N) is 2. The van der Waals surface area contributed by atoms with E-state index in [4.69, 9.17) is 9.47 Å². The van der Waals surface area contributed by atoms with Crippen LogP contribution in [0, 0.1) is 0 Å². The van der Waals surface area contributed by atoms with Gasteiger partial charge in [-0.1, -0.05) is 0 Å². The van der Waals surface area contributed by atoms with Gasteiger partial charge in [-0.15, -0.1) is 0 Å². The Labute approximate surface area is 105 Å². The summed E-state index contributed by atoms with van der Waals surface area (Å²) >= 11 is 0. The summed E-state index contributed by atoms with van der Waals surface area (Å²) in [5, 5.41) is 3.47. The number of rotatable bonds is 2. The fraction of sp³-hybridized carbons (Fsp3) is 0.500. The van der Waals surface area contributed by atoms with E-state index in [1.807, 2.05) is 6.20 Å². The third-order valence-electron chi connectivity index (χ3n) is 3.17. The average Bonchev–Trinajstić information content (AvgIpc) is 2.64. The second kappa shape index (κ2) is 4.91. The first-order valence-electron chi connectivity index (χ1n) is 6.07. The third-order valence-corrected chi connectivity index (χ3v) is 3.17. The van der Waals surface area contributed by atoms with Crippen LogP contribution < -0.4 is 10.1 Å². The van der Waals surface area contributed by atoms with Crippen LogP contribution in [0.5, 0.6) is 6.01 Å². The van der Waals surface area contributed by atoms with E-state index < -0.39 is 0 Å². The van der Waals surface area contributed by atoms with E-state index in [1.54, 1.807) is 13.3 Å². The zero-order valence-corrected chi connectivity index (χ0v) is 10.3. The molecule has 2 aromatic heterocycles. The molecule has 0 amide bonds. The number of nitrogens with one attached hydrogen (secondary N) is 2. The maximum atomic E-state index is 5.45. The molecule has 3 rings (SSSR count). The fourth-order valence-electron chi connectivity index (χ4n) is 2.26. The molecule has 0 bridgehead atoms. The smallest absolute Gasteiger partial charge is 0.316 e. The van der Waals surface area contributed by atoms with Crippen LogP contribution in [-0.4, -0.2) is 41.8 Å². The number of ether oxygens (including phenoxy) is 2. The monoisotopic (exact) mass is 248 g/mol. The van der Waals surface area contributed by atoms with Crippen LogP contribution in [-0.2, 0) is 4.74 Å². The molecular formula is C12H16N4O2. The van der Waals surface area contributed by atoms with Gasteiger partial charge in [-0.05, 0) is 6.42 Å². The number of hydrogen-bond acceptors (Lipinski definition) is 5. The summed E-state index contributed by atoms with van der Waals surface area (Å²) in [7, 11) is 1.57. The quantitative estimate of drug-likeness (QED) is 0.830. The van der Waals surface area contributed by atoms with E-state index in [0.717, 1.165) is 42.8 Å². The van der Waals surface area contributed by atoms with Gasteiger partial charge < -0.3 is 19.8 Å². The second-order valence-electron chi connectivity index (χ2n) is 4.27. The molecule has 1 atom stereocenters. The number of fused-ring (bicyclic) bond motifs is 1. The molecule has 0 radical (unpaired) electrons. The van der Waals surface area contributed by atoms with Crippen molar-refractivity contribution in [1.29, 1.82) is 0 Å². The second-order valence-corrected chi connectivity index (χ2v) is 4.27. The summed E-state index contributed by atoms with van der Waals surface area (Å²) in [5.74, 6) is 0. The lowest BCUT2D eigenvalue weighted by molar-refractivity contribution is 0.150. The molecule has 96 valence electrons. The lowest BCUT2D eigenvalue weighted by atomic mass is 10.1. The van der Waals surface area contributed by atoms with E-state index in [1.165, 1.54) is 0 Å². The summed E-state index contributed by atoms with van der Waals surface area (Å²) in [5.41, 5.74) is 3.00. The van der Waals surface area contributed by atoms with Gasteiger partial charge in [0.1, 0.15) is 0 Å². The summed E-state index contributed by atoms with van der Waals surface area (Å²) in [6.07, 6.45) is 4.68. The molecule has 1 aliphatic heterocycles. The van der Waals surface area contributed by atoms with E-state index in [0.29, 0.717) is 6.01 Å². The van der Waals surface area contributed by atoms with Gasteiger partial charge in [-0.2, -0.15) is 4.98 Å². The zero-order chi connectivity index (χ0) is 12.4. The number of H-pyrrole nitrogens is 1. The molecule has 1 unspecified atom stereocenters. The Kier molecular flexibility index (Phi) is 3.12. The molecular weight excluding hydrogens is 232 g/mol. The van der Waals surface area contributed by atoms with Crippen molar-refractivity contribution in [2.24, 2.45) is 0 Å². The molecule has 1 fully saturated rings. The van der Waals surface area contributed by atoms with Crippen LogP contribution in [0.4, 0.5) is 0 Å². The van der Waals surface area contributed by atoms with E-state index in [-0.39, 0.29) is 6.04 Å². The minimum atomic E-state index is 0.265. The molecule has 1 aliphatic rings. The Bertz CT molecular complexity index is 532. The molecule has 0 aromatic carbocycles. The van der Waals surface area contributed by atoms with Gasteiger partial charge >= 0.3 is 6.01 Å². The highest BCUT2D eigenvalue weighted by atomic mass is 16.5. The lowest BCUT2D eigenvalue weighted by Crippen LogP contribution is -2.22. The maximum absolute atomic E-state index is 5.45. The molecule has 0 saturated carbocycles. The molecule has 1 saturated heterocycles. The molecule has 0 aliphatic carbocycles. The lowest BCUT2D eigenvalue weighted by Gasteiger charge is -2.13. The van der Waals surface area contributed by atoms with Crippen molar-refractivity contribution in [3.05, 3.63) is 18.0 Å². The van der Waals surface area contributed by atoms with Crippen LogP contribution in [0.25, 0.3) is 11.0 Å². The molecule has 3 heterocycles. The topological polar surface area (TPSA) is 72.1 Å². The first-order valence-corrected chi connectivity index (χ1v) is 6.07. The number of aromatic nitrogens is 3. The van der Waals surface area contributed by atoms with Crippen molar-refractivity contribution < 1.29 is 9.47 Å². The van der Waals surface area contributed by atoms with Crippen LogP contribution in [0.15, 0.2) is 12.4 Å². The van der Waals surface area contributed by atoms with E-state index >= 15 is 0 Å². The maximum Gasteiger partial charge on any atom is 0.316 e. The highest BCUT2D eigenvalue weighted by Gasteiger charge is 2.18. The highest BCUT2D eigenvalue weighted by Crippen LogP contribution is 2.26. The van der Waals surface area contributed by atoms with Crippen LogP contribution in [0.1, 0.15) is 18.0 Å². The Morgan fingerprint density at radius 1 is 1.44 bits per heavy atom. The average molecular weight is 248 g/mol. The van der Waals surface area contributed by atoms with Crippen molar-refractivity contribution in [3.63, 3.8) is 0 Å². The van der Waals surface area contributed by atoms with E-state index in [9.17, 15) is 0 Å². The van der Waals surface area contributed by atoms with Gasteiger partial charge in [0, 0.05) is 31.0 Å². The Hall–Kier alpha value is -1.66. The third kappa shape index (κ3) is 2.04. The SMILES string of the molecule is COc1ncc2[nH]cc(C3CCOCCN3)c2n1. The summed E-state index contributed by atoms with van der Waals surface area (Å²) in [4.78, 5) is 11.7. The first kappa shape index (κ1) is 11.4. The molecule has 6 nitrogen and oxygen atoms in total. The summed E-state index contributed by atoms with van der Waals surface area (Å²) in [6, 6.07) is 0.661. The largest absolute Gasteiger partial charge is 0.467 e. The summed E-state index contributed by atoms with van der Waals surface area (Å²) in [6.45, 7) is 2.39. The zero-order valence-electron chi connectivity index (χ0n) is 10.3. The van der Waals surface area contributed by atoms with Gasteiger partial charge in [0.2, 0.25) is 0 Å². The van der Waals surface area contributed by atoms with Gasteiger partial charge in [0.25, 0.3) is 0 Å². The molecule has 18 heavy (non-hydrogen) atoms. The number of aromatic amines is 1. The molecule has 2 aromatic rings. The van der Waals surface area contributed by atoms with Crippen LogP contribution in [0.2, 0.25) is 0 Å². The molecule has 0 spiro atoms. The van der Waals surface area contributed by atoms with Crippen molar-refractivity contribution in [1.82, 2.24) is 20.3 Å². The first-order chi connectivity index (χ1) is 8.88. The van der Waals surface area contributed by atoms with Gasteiger partial charge in [0.15, 0.2) is 0 Å². The molecule has 2 N–H and O–H groups in total. The fourth-order valence-corrected chi connectivity index (χ4v) is 2.26. The summed E-state index contributed by atoms with van der Waals surface area (Å²) < 4.78 is 10.5. The number of methoxy groups -OCH3 is 1. The Morgan fingerprint density at radius 2 is 2.39 bits per heavy atom. The molecule has 6 heteroatoms. The highest BCUT2D eigenvalue weighted by molar-refractivity contribution is 5.78. The van der Waals surface area contributed by atoms with E-state index in [2.05, 4.69) is 20.3 Å². The van der Waals surface area contributed by atoms with Gasteiger partial charge in [0.05, 0.1) is 30.9 Å². The standard InChI is InChI=1S/C12H16N4O2/c1-17-12-15-7-10-11(16-12)8(6-14-10)9-2-4-18-5-3-13-9/h6-7,9,13-14H,2-5H2,1H3. The van der Waals surface area contributed by atoms with Crippen molar-refractivity contribution in [3.8, 4) is 6.01 Å². The Balaban J connectivity index is 1.99. The normalized spacial score (nSPS) is 20.8. The van der Waals surface area contributed by atoms with Crippen LogP contribution >= 0.6 is 0 Å². The van der Waals surface area contributed by atoms with Gasteiger partial charge in [-0.3, -0.25) is 0 Å². The Morgan fingerprint density at radius 3 is 3.28 bits per heavy atom. The number of hydrogen-bond donors (Lipinski definition) is 2. The predicted octanol–water partition coefficient (Wildman–Crippen LogP) is 1.02. The minimum absolute atomic E-state index is 0.265. The van der Waals surface area contributed by atoms with Crippen molar-refractivity contribution in [2.45, 2.75) is 12.5 Å². The minimum Gasteiger partial charge on any atom is -0.467 e. The van der Waals surface area contributed by atoms with Crippen molar-refractivity contribution >= 4 is 11.0 Å². The van der Waals surface area contributed by atoms with Crippen molar-refractivity contribution in [2.75, 3.05) is 26.9 Å². The predicted molar refractivity (Wildman–Crippen MR) is 66.6 cm³/mol. The van der Waals surface area contributed by atoms with Gasteiger partial charge in [-0.25, -0.2) is 4.98 Å². The van der Waals surface area contributed by atoms with Crippen LogP contribution in [0.3, 0.4) is 0 Å².